The second-order valence-electron chi connectivity index (χ2n) is 5.37. The second-order valence-corrected chi connectivity index (χ2v) is 5.37. The number of benzene rings is 1. The van der Waals surface area contributed by atoms with Crippen molar-refractivity contribution in [2.45, 2.75) is 32.1 Å². The van der Waals surface area contributed by atoms with Gasteiger partial charge in [0.2, 0.25) is 11.7 Å². The van der Waals surface area contributed by atoms with Gasteiger partial charge in [-0.2, -0.15) is 4.98 Å². The molecule has 0 unspecified atom stereocenters. The number of piperidine rings is 1. The Morgan fingerprint density at radius 2 is 2.19 bits per heavy atom. The minimum atomic E-state index is 0.340. The summed E-state index contributed by atoms with van der Waals surface area (Å²) in [6.45, 7) is 4.83. The summed E-state index contributed by atoms with van der Waals surface area (Å²) in [6.07, 6.45) is 3.27. The topological polar surface area (TPSA) is 60.2 Å². The molecule has 0 aliphatic carbocycles. The van der Waals surface area contributed by atoms with Gasteiger partial charge < -0.3 is 14.6 Å². The van der Waals surface area contributed by atoms with Crippen LogP contribution in [0.3, 0.4) is 0 Å². The van der Waals surface area contributed by atoms with Gasteiger partial charge in [-0.1, -0.05) is 12.1 Å². The SMILES string of the molecule is CCCOc1ccc(-c2noc([C@H]3CCCNC3)n2)cc1. The smallest absolute Gasteiger partial charge is 0.231 e. The number of aromatic nitrogens is 2. The van der Waals surface area contributed by atoms with Gasteiger partial charge in [0.1, 0.15) is 5.75 Å². The molecule has 0 radical (unpaired) electrons. The van der Waals surface area contributed by atoms with Gasteiger partial charge in [-0.05, 0) is 50.1 Å². The third-order valence-electron chi connectivity index (χ3n) is 3.67. The van der Waals surface area contributed by atoms with Crippen LogP contribution < -0.4 is 10.1 Å². The van der Waals surface area contributed by atoms with Crippen LogP contribution in [0, 0.1) is 0 Å². The van der Waals surface area contributed by atoms with E-state index in [0.717, 1.165) is 56.2 Å². The maximum absolute atomic E-state index is 5.57. The summed E-state index contributed by atoms with van der Waals surface area (Å²) in [6, 6.07) is 7.84. The molecule has 1 N–H and O–H groups in total. The maximum Gasteiger partial charge on any atom is 0.231 e. The Hall–Kier alpha value is -1.88. The van der Waals surface area contributed by atoms with Crippen LogP contribution in [-0.4, -0.2) is 29.8 Å². The van der Waals surface area contributed by atoms with Gasteiger partial charge in [0.05, 0.1) is 12.5 Å². The molecule has 1 saturated heterocycles. The molecule has 0 saturated carbocycles. The summed E-state index contributed by atoms with van der Waals surface area (Å²) in [7, 11) is 0. The number of nitrogens with zero attached hydrogens (tertiary/aromatic N) is 2. The minimum absolute atomic E-state index is 0.340. The molecular weight excluding hydrogens is 266 g/mol. The fourth-order valence-electron chi connectivity index (χ4n) is 2.50. The average Bonchev–Trinajstić information content (AvgIpc) is 3.04. The van der Waals surface area contributed by atoms with E-state index < -0.39 is 0 Å². The third-order valence-corrected chi connectivity index (χ3v) is 3.67. The highest BCUT2D eigenvalue weighted by molar-refractivity contribution is 5.55. The highest BCUT2D eigenvalue weighted by Crippen LogP contribution is 2.25. The van der Waals surface area contributed by atoms with Gasteiger partial charge in [0, 0.05) is 12.1 Å². The van der Waals surface area contributed by atoms with Crippen molar-refractivity contribution in [2.24, 2.45) is 0 Å². The predicted molar refractivity (Wildman–Crippen MR) is 80.4 cm³/mol. The van der Waals surface area contributed by atoms with Gasteiger partial charge in [-0.15, -0.1) is 0 Å². The molecule has 0 spiro atoms. The summed E-state index contributed by atoms with van der Waals surface area (Å²) in [5.41, 5.74) is 0.956. The molecule has 5 nitrogen and oxygen atoms in total. The van der Waals surface area contributed by atoms with Gasteiger partial charge in [0.25, 0.3) is 0 Å². The lowest BCUT2D eigenvalue weighted by molar-refractivity contribution is 0.317. The Morgan fingerprint density at radius 3 is 2.90 bits per heavy atom. The zero-order chi connectivity index (χ0) is 14.5. The summed E-state index contributed by atoms with van der Waals surface area (Å²) in [5, 5.41) is 7.46. The summed E-state index contributed by atoms with van der Waals surface area (Å²) >= 11 is 0. The lowest BCUT2D eigenvalue weighted by atomic mass is 10.00. The van der Waals surface area contributed by atoms with Crippen LogP contribution in [0.1, 0.15) is 38.0 Å². The van der Waals surface area contributed by atoms with Crippen LogP contribution in [0.25, 0.3) is 11.4 Å². The first-order valence-corrected chi connectivity index (χ1v) is 7.64. The maximum atomic E-state index is 5.57. The van der Waals surface area contributed by atoms with Crippen molar-refractivity contribution in [1.82, 2.24) is 15.5 Å². The number of nitrogens with one attached hydrogen (secondary N) is 1. The molecule has 0 bridgehead atoms. The van der Waals surface area contributed by atoms with Crippen LogP contribution in [0.4, 0.5) is 0 Å². The van der Waals surface area contributed by atoms with Crippen molar-refractivity contribution >= 4 is 0 Å². The molecule has 1 aromatic carbocycles. The Labute approximate surface area is 124 Å². The van der Waals surface area contributed by atoms with E-state index in [1.165, 1.54) is 0 Å². The standard InChI is InChI=1S/C16H21N3O2/c1-2-10-20-14-7-5-12(6-8-14)15-18-16(21-19-15)13-4-3-9-17-11-13/h5-8,13,17H,2-4,9-11H2,1H3/t13-/m0/s1. The molecule has 3 rings (SSSR count). The molecular formula is C16H21N3O2. The fraction of sp³-hybridized carbons (Fsp3) is 0.500. The van der Waals surface area contributed by atoms with Crippen LogP contribution in [0.15, 0.2) is 28.8 Å². The van der Waals surface area contributed by atoms with Crippen LogP contribution in [-0.2, 0) is 0 Å². The monoisotopic (exact) mass is 287 g/mol. The molecule has 1 aromatic heterocycles. The molecule has 0 amide bonds. The van der Waals surface area contributed by atoms with Gasteiger partial charge in [-0.3, -0.25) is 0 Å². The van der Waals surface area contributed by atoms with E-state index in [4.69, 9.17) is 9.26 Å². The Balaban J connectivity index is 1.70. The largest absolute Gasteiger partial charge is 0.494 e. The number of hydrogen-bond donors (Lipinski definition) is 1. The molecule has 1 fully saturated rings. The van der Waals surface area contributed by atoms with E-state index in [-0.39, 0.29) is 0 Å². The van der Waals surface area contributed by atoms with Crippen LogP contribution in [0.2, 0.25) is 0 Å². The van der Waals surface area contributed by atoms with E-state index in [9.17, 15) is 0 Å². The van der Waals surface area contributed by atoms with Gasteiger partial charge >= 0.3 is 0 Å². The fourth-order valence-corrected chi connectivity index (χ4v) is 2.50. The molecule has 1 aliphatic heterocycles. The Morgan fingerprint density at radius 1 is 1.33 bits per heavy atom. The first-order chi connectivity index (χ1) is 10.4. The summed E-state index contributed by atoms with van der Waals surface area (Å²) in [5.74, 6) is 2.61. The molecule has 112 valence electrons. The highest BCUT2D eigenvalue weighted by Gasteiger charge is 2.21. The lowest BCUT2D eigenvalue weighted by Crippen LogP contribution is -2.28. The van der Waals surface area contributed by atoms with E-state index in [0.29, 0.717) is 11.7 Å². The zero-order valence-corrected chi connectivity index (χ0v) is 12.3. The first kappa shape index (κ1) is 14.1. The van der Waals surface area contributed by atoms with E-state index in [1.807, 2.05) is 24.3 Å². The van der Waals surface area contributed by atoms with Gasteiger partial charge in [0.15, 0.2) is 0 Å². The second kappa shape index (κ2) is 6.72. The number of ether oxygens (including phenoxy) is 1. The number of hydrogen-bond acceptors (Lipinski definition) is 5. The third kappa shape index (κ3) is 3.42. The van der Waals surface area contributed by atoms with E-state index in [1.54, 1.807) is 0 Å². The predicted octanol–water partition coefficient (Wildman–Crippen LogP) is 2.99. The quantitative estimate of drug-likeness (QED) is 0.916. The van der Waals surface area contributed by atoms with Crippen molar-refractivity contribution in [2.75, 3.05) is 19.7 Å². The van der Waals surface area contributed by atoms with Crippen molar-refractivity contribution < 1.29 is 9.26 Å². The Kier molecular flexibility index (Phi) is 4.50. The molecule has 5 heteroatoms. The number of rotatable bonds is 5. The van der Waals surface area contributed by atoms with E-state index in [2.05, 4.69) is 22.4 Å². The highest BCUT2D eigenvalue weighted by atomic mass is 16.5. The van der Waals surface area contributed by atoms with Crippen molar-refractivity contribution in [3.05, 3.63) is 30.2 Å². The van der Waals surface area contributed by atoms with Gasteiger partial charge in [-0.25, -0.2) is 0 Å². The molecule has 1 atom stereocenters. The van der Waals surface area contributed by atoms with Crippen molar-refractivity contribution in [3.8, 4) is 17.1 Å². The Bertz CT molecular complexity index is 559. The molecule has 21 heavy (non-hydrogen) atoms. The summed E-state index contributed by atoms with van der Waals surface area (Å²) in [4.78, 5) is 4.54. The van der Waals surface area contributed by atoms with Crippen molar-refractivity contribution in [3.63, 3.8) is 0 Å². The zero-order valence-electron chi connectivity index (χ0n) is 12.3. The minimum Gasteiger partial charge on any atom is -0.494 e. The van der Waals surface area contributed by atoms with Crippen molar-refractivity contribution in [1.29, 1.82) is 0 Å². The van der Waals surface area contributed by atoms with Crippen LogP contribution in [0.5, 0.6) is 5.75 Å². The van der Waals surface area contributed by atoms with E-state index >= 15 is 0 Å². The molecule has 2 aromatic rings. The molecule has 2 heterocycles. The van der Waals surface area contributed by atoms with Crippen LogP contribution >= 0.6 is 0 Å². The molecule has 1 aliphatic rings. The average molecular weight is 287 g/mol. The first-order valence-electron chi connectivity index (χ1n) is 7.64. The summed E-state index contributed by atoms with van der Waals surface area (Å²) < 4.78 is 11.0. The normalized spacial score (nSPS) is 18.6. The lowest BCUT2D eigenvalue weighted by Gasteiger charge is -2.18.